The second-order valence-corrected chi connectivity index (χ2v) is 4.35. The monoisotopic (exact) mass is 206 g/mol. The zero-order chi connectivity index (χ0) is 11.6. The Hall–Kier alpha value is -0.860. The smallest absolute Gasteiger partial charge is 0.0471 e. The minimum Gasteiger partial charge on any atom is -0.326 e. The summed E-state index contributed by atoms with van der Waals surface area (Å²) < 4.78 is 0. The fourth-order valence-electron chi connectivity index (χ4n) is 2.02. The van der Waals surface area contributed by atoms with Gasteiger partial charge in [0.25, 0.3) is 0 Å². The van der Waals surface area contributed by atoms with Crippen LogP contribution in [-0.2, 0) is 0 Å². The van der Waals surface area contributed by atoms with Gasteiger partial charge in [-0.3, -0.25) is 0 Å². The number of rotatable bonds is 3. The molecule has 15 heavy (non-hydrogen) atoms. The lowest BCUT2D eigenvalue weighted by molar-refractivity contribution is 0.501. The number of hydrogen-bond donors (Lipinski definition) is 2. The van der Waals surface area contributed by atoms with E-state index in [1.165, 1.54) is 22.3 Å². The van der Waals surface area contributed by atoms with E-state index in [1.54, 1.807) is 0 Å². The minimum absolute atomic E-state index is 0.121. The first kappa shape index (κ1) is 12.2. The summed E-state index contributed by atoms with van der Waals surface area (Å²) in [6.07, 6.45) is 0. The van der Waals surface area contributed by atoms with E-state index < -0.39 is 0 Å². The van der Waals surface area contributed by atoms with Gasteiger partial charge in [-0.1, -0.05) is 12.1 Å². The lowest BCUT2D eigenvalue weighted by atomic mass is 9.91. The molecule has 1 rings (SSSR count). The van der Waals surface area contributed by atoms with Crippen molar-refractivity contribution in [2.75, 3.05) is 7.05 Å². The third-order valence-electron chi connectivity index (χ3n) is 3.27. The van der Waals surface area contributed by atoms with Gasteiger partial charge in [-0.25, -0.2) is 0 Å². The van der Waals surface area contributed by atoms with Gasteiger partial charge in [0.1, 0.15) is 0 Å². The molecular weight excluding hydrogens is 184 g/mol. The van der Waals surface area contributed by atoms with E-state index in [2.05, 4.69) is 38.2 Å². The Kier molecular flexibility index (Phi) is 3.89. The molecule has 2 heteroatoms. The van der Waals surface area contributed by atoms with Gasteiger partial charge in [-0.2, -0.15) is 0 Å². The molecule has 2 atom stereocenters. The van der Waals surface area contributed by atoms with Crippen LogP contribution in [0, 0.1) is 20.8 Å². The number of nitrogens with two attached hydrogens (primary N) is 1. The summed E-state index contributed by atoms with van der Waals surface area (Å²) in [4.78, 5) is 0. The van der Waals surface area contributed by atoms with Gasteiger partial charge in [-0.15, -0.1) is 0 Å². The lowest BCUT2D eigenvalue weighted by Gasteiger charge is -2.24. The largest absolute Gasteiger partial charge is 0.326 e. The summed E-state index contributed by atoms with van der Waals surface area (Å²) in [6, 6.07) is 4.71. The van der Waals surface area contributed by atoms with Crippen LogP contribution < -0.4 is 11.1 Å². The van der Waals surface area contributed by atoms with E-state index in [0.29, 0.717) is 0 Å². The highest BCUT2D eigenvalue weighted by Gasteiger charge is 2.16. The highest BCUT2D eigenvalue weighted by Crippen LogP contribution is 2.24. The molecule has 0 aliphatic rings. The molecule has 2 unspecified atom stereocenters. The van der Waals surface area contributed by atoms with Crippen molar-refractivity contribution in [2.45, 2.75) is 39.8 Å². The fraction of sp³-hybridized carbons (Fsp3) is 0.538. The van der Waals surface area contributed by atoms with Gasteiger partial charge in [0.15, 0.2) is 0 Å². The van der Waals surface area contributed by atoms with Crippen LogP contribution in [0.15, 0.2) is 12.1 Å². The van der Waals surface area contributed by atoms with Crippen molar-refractivity contribution in [3.8, 4) is 0 Å². The maximum absolute atomic E-state index is 5.97. The average Bonchev–Trinajstić information content (AvgIpc) is 2.18. The van der Waals surface area contributed by atoms with E-state index in [9.17, 15) is 0 Å². The van der Waals surface area contributed by atoms with Crippen molar-refractivity contribution in [3.05, 3.63) is 34.4 Å². The zero-order valence-corrected chi connectivity index (χ0v) is 10.4. The van der Waals surface area contributed by atoms with E-state index in [0.717, 1.165) is 0 Å². The van der Waals surface area contributed by atoms with Crippen molar-refractivity contribution in [2.24, 2.45) is 5.73 Å². The molecule has 0 saturated carbocycles. The molecule has 0 spiro atoms. The maximum atomic E-state index is 5.97. The number of nitrogens with one attached hydrogen (secondary N) is 1. The Morgan fingerprint density at radius 3 is 2.20 bits per heavy atom. The summed E-state index contributed by atoms with van der Waals surface area (Å²) in [5.74, 6) is 0. The minimum atomic E-state index is 0.121. The van der Waals surface area contributed by atoms with E-state index in [-0.39, 0.29) is 12.1 Å². The first-order valence-corrected chi connectivity index (χ1v) is 5.48. The van der Waals surface area contributed by atoms with Crippen molar-refractivity contribution in [1.82, 2.24) is 5.32 Å². The van der Waals surface area contributed by atoms with Gasteiger partial charge in [-0.05, 0) is 57.0 Å². The fourth-order valence-corrected chi connectivity index (χ4v) is 2.02. The summed E-state index contributed by atoms with van der Waals surface area (Å²) >= 11 is 0. The van der Waals surface area contributed by atoms with Crippen LogP contribution in [-0.4, -0.2) is 13.1 Å². The van der Waals surface area contributed by atoms with Gasteiger partial charge in [0, 0.05) is 12.1 Å². The van der Waals surface area contributed by atoms with Crippen LogP contribution >= 0.6 is 0 Å². The molecule has 0 bridgehead atoms. The maximum Gasteiger partial charge on any atom is 0.0471 e. The van der Waals surface area contributed by atoms with Crippen molar-refractivity contribution in [1.29, 1.82) is 0 Å². The zero-order valence-electron chi connectivity index (χ0n) is 10.4. The first-order valence-electron chi connectivity index (χ1n) is 5.48. The topological polar surface area (TPSA) is 38.0 Å². The summed E-state index contributed by atoms with van der Waals surface area (Å²) in [6.45, 7) is 8.52. The number of likely N-dealkylation sites (N-methyl/N-ethyl adjacent to an activating group) is 1. The summed E-state index contributed by atoms with van der Waals surface area (Å²) in [5.41, 5.74) is 11.4. The van der Waals surface area contributed by atoms with Crippen LogP contribution in [0.4, 0.5) is 0 Å². The van der Waals surface area contributed by atoms with Crippen LogP contribution in [0.5, 0.6) is 0 Å². The number of aryl methyl sites for hydroxylation is 1. The molecule has 1 aromatic rings. The van der Waals surface area contributed by atoms with Crippen molar-refractivity contribution < 1.29 is 0 Å². The Morgan fingerprint density at radius 2 is 1.73 bits per heavy atom. The van der Waals surface area contributed by atoms with E-state index in [4.69, 9.17) is 5.73 Å². The van der Waals surface area contributed by atoms with E-state index >= 15 is 0 Å². The Morgan fingerprint density at radius 1 is 1.13 bits per heavy atom. The van der Waals surface area contributed by atoms with Crippen LogP contribution in [0.1, 0.15) is 35.2 Å². The Balaban J connectivity index is 3.19. The standard InChI is InChI=1S/C13H22N2/c1-8-6-7-12(10(3)9(8)2)13(15-5)11(4)14/h6-7,11,13,15H,14H2,1-5H3. The predicted octanol–water partition coefficient (Wildman–Crippen LogP) is 2.22. The normalized spacial score (nSPS) is 15.1. The van der Waals surface area contributed by atoms with Crippen LogP contribution in [0.25, 0.3) is 0 Å². The van der Waals surface area contributed by atoms with Crippen LogP contribution in [0.3, 0.4) is 0 Å². The average molecular weight is 206 g/mol. The molecule has 3 N–H and O–H groups in total. The molecule has 2 nitrogen and oxygen atoms in total. The Labute approximate surface area is 92.9 Å². The van der Waals surface area contributed by atoms with Crippen LogP contribution in [0.2, 0.25) is 0 Å². The number of benzene rings is 1. The second kappa shape index (κ2) is 4.77. The quantitative estimate of drug-likeness (QED) is 0.796. The van der Waals surface area contributed by atoms with Gasteiger partial charge in [0.2, 0.25) is 0 Å². The summed E-state index contributed by atoms with van der Waals surface area (Å²) in [5, 5.41) is 3.28. The molecule has 1 aromatic carbocycles. The highest BCUT2D eigenvalue weighted by molar-refractivity contribution is 5.40. The molecule has 0 aliphatic heterocycles. The molecule has 84 valence electrons. The lowest BCUT2D eigenvalue weighted by Crippen LogP contribution is -2.34. The van der Waals surface area contributed by atoms with Crippen molar-refractivity contribution >= 4 is 0 Å². The molecule has 0 amide bonds. The third-order valence-corrected chi connectivity index (χ3v) is 3.27. The molecule has 0 radical (unpaired) electrons. The highest BCUT2D eigenvalue weighted by atomic mass is 14.9. The molecule has 0 saturated heterocycles. The molecule has 0 heterocycles. The van der Waals surface area contributed by atoms with Gasteiger partial charge >= 0.3 is 0 Å². The second-order valence-electron chi connectivity index (χ2n) is 4.35. The van der Waals surface area contributed by atoms with Crippen molar-refractivity contribution in [3.63, 3.8) is 0 Å². The Bertz CT molecular complexity index is 343. The third kappa shape index (κ3) is 2.39. The van der Waals surface area contributed by atoms with Gasteiger partial charge in [0.05, 0.1) is 0 Å². The van der Waals surface area contributed by atoms with E-state index in [1.807, 2.05) is 14.0 Å². The molecule has 0 aromatic heterocycles. The first-order chi connectivity index (χ1) is 6.99. The molecule has 0 aliphatic carbocycles. The molecular formula is C13H22N2. The van der Waals surface area contributed by atoms with Gasteiger partial charge < -0.3 is 11.1 Å². The number of hydrogen-bond acceptors (Lipinski definition) is 2. The predicted molar refractivity (Wildman–Crippen MR) is 66.1 cm³/mol. The SMILES string of the molecule is CNC(c1ccc(C)c(C)c1C)C(C)N. The summed E-state index contributed by atoms with van der Waals surface area (Å²) in [7, 11) is 1.96. The molecule has 0 fully saturated rings.